The Morgan fingerprint density at radius 3 is 1.04 bits per heavy atom. The van der Waals surface area contributed by atoms with E-state index in [1.807, 2.05) is 0 Å². The Balaban J connectivity index is 1.24. The predicted molar refractivity (Wildman–Crippen MR) is 201 cm³/mol. The second-order valence-electron chi connectivity index (χ2n) is 12.8. The van der Waals surface area contributed by atoms with Gasteiger partial charge in [-0.2, -0.15) is 26.3 Å². The summed E-state index contributed by atoms with van der Waals surface area (Å²) in [5.41, 5.74) is -2.67. The first-order chi connectivity index (χ1) is 26.0. The third-order valence-electron chi connectivity index (χ3n) is 9.39. The Hall–Kier alpha value is -5.72. The molecule has 1 aliphatic rings. The summed E-state index contributed by atoms with van der Waals surface area (Å²) < 4.78 is 93.8. The Morgan fingerprint density at radius 1 is 0.436 bits per heavy atom. The molecular formula is C43H26F6O4S2. The molecule has 7 rings (SSSR count). The molecule has 0 saturated carbocycles. The lowest BCUT2D eigenvalue weighted by Crippen LogP contribution is -2.48. The number of Topliss-reactive ketones (excluding diaryl/α,β-unsaturated/α-hetero) is 4. The van der Waals surface area contributed by atoms with Crippen LogP contribution in [0.15, 0.2) is 121 Å². The van der Waals surface area contributed by atoms with Crippen LogP contribution >= 0.6 is 22.7 Å². The average molecular weight is 785 g/mol. The van der Waals surface area contributed by atoms with E-state index in [1.54, 1.807) is 36.4 Å². The van der Waals surface area contributed by atoms with Gasteiger partial charge in [-0.15, -0.1) is 22.7 Å². The van der Waals surface area contributed by atoms with Crippen LogP contribution in [0, 0.1) is 13.8 Å². The topological polar surface area (TPSA) is 68.3 Å². The van der Waals surface area contributed by atoms with Crippen molar-refractivity contribution in [3.63, 3.8) is 0 Å². The number of halogens is 6. The molecule has 0 radical (unpaired) electrons. The van der Waals surface area contributed by atoms with Crippen LogP contribution in [0.5, 0.6) is 0 Å². The lowest BCUT2D eigenvalue weighted by Gasteiger charge is -2.25. The summed E-state index contributed by atoms with van der Waals surface area (Å²) in [6.45, 7) is 2.74. The molecular weight excluding hydrogens is 759 g/mol. The fourth-order valence-electron chi connectivity index (χ4n) is 6.45. The van der Waals surface area contributed by atoms with Gasteiger partial charge < -0.3 is 0 Å². The Bertz CT molecular complexity index is 2360. The van der Waals surface area contributed by atoms with Crippen molar-refractivity contribution >= 4 is 57.0 Å². The smallest absolute Gasteiger partial charge is 0.285 e. The molecule has 55 heavy (non-hydrogen) atoms. The number of carbonyl (C=O) groups is 4. The molecule has 2 heterocycles. The standard InChI is InChI=1S/C43H26F6O4S2/c1-23-31(21-33(54-23)25-13-17-29(18-14-25)39(52)37(50)27-9-5-3-6-10-27)35-36(42(46,47)43(48,49)41(35,44)45)32-22-34(55-24(32)2)26-15-19-30(20-16-26)40(53)38(51)28-11-7-4-8-12-28/h3-22H,1-2H3. The summed E-state index contributed by atoms with van der Waals surface area (Å²) in [5.74, 6) is -19.3. The van der Waals surface area contributed by atoms with Crippen LogP contribution in [0.25, 0.3) is 32.0 Å². The Labute approximate surface area is 318 Å². The van der Waals surface area contributed by atoms with E-state index >= 15 is 26.3 Å². The molecule has 12 heteroatoms. The minimum Gasteiger partial charge on any atom is -0.285 e. The zero-order valence-corrected chi connectivity index (χ0v) is 30.4. The fraction of sp³-hybridized carbons (Fsp3) is 0.116. The first-order valence-corrected chi connectivity index (χ1v) is 18.3. The van der Waals surface area contributed by atoms with Gasteiger partial charge in [0.2, 0.25) is 23.1 Å². The van der Waals surface area contributed by atoms with Gasteiger partial charge in [-0.05, 0) is 48.2 Å². The van der Waals surface area contributed by atoms with Crippen molar-refractivity contribution in [2.75, 3.05) is 0 Å². The number of thiophene rings is 2. The van der Waals surface area contributed by atoms with Crippen molar-refractivity contribution in [1.29, 1.82) is 0 Å². The molecule has 0 bridgehead atoms. The van der Waals surface area contributed by atoms with Crippen LogP contribution in [0.4, 0.5) is 26.3 Å². The molecule has 0 fully saturated rings. The monoisotopic (exact) mass is 784 g/mol. The minimum absolute atomic E-state index is 0.0587. The van der Waals surface area contributed by atoms with Crippen molar-refractivity contribution in [3.8, 4) is 20.9 Å². The number of ketones is 4. The molecule has 6 aromatic rings. The van der Waals surface area contributed by atoms with Crippen LogP contribution in [-0.4, -0.2) is 40.9 Å². The molecule has 4 aromatic carbocycles. The maximum atomic E-state index is 15.8. The van der Waals surface area contributed by atoms with Crippen molar-refractivity contribution in [3.05, 3.63) is 164 Å². The number of allylic oxidation sites excluding steroid dienone is 2. The van der Waals surface area contributed by atoms with E-state index in [1.165, 1.54) is 86.6 Å². The summed E-state index contributed by atoms with van der Waals surface area (Å²) in [6, 6.07) is 29.4. The molecule has 0 N–H and O–H groups in total. The number of carbonyl (C=O) groups excluding carboxylic acids is 4. The number of hydrogen-bond acceptors (Lipinski definition) is 6. The van der Waals surface area contributed by atoms with Gasteiger partial charge in [0, 0.05) is 52.9 Å². The summed E-state index contributed by atoms with van der Waals surface area (Å²) in [4.78, 5) is 51.7. The van der Waals surface area contributed by atoms with Crippen LogP contribution in [0.3, 0.4) is 0 Å². The van der Waals surface area contributed by atoms with E-state index in [0.717, 1.165) is 34.8 Å². The van der Waals surface area contributed by atoms with Gasteiger partial charge in [-0.3, -0.25) is 19.2 Å². The Kier molecular flexibility index (Phi) is 9.46. The van der Waals surface area contributed by atoms with E-state index < -0.39 is 63.2 Å². The number of rotatable bonds is 10. The maximum absolute atomic E-state index is 15.8. The highest BCUT2D eigenvalue weighted by atomic mass is 32.1. The molecule has 0 amide bonds. The molecule has 1 aliphatic carbocycles. The van der Waals surface area contributed by atoms with Crippen molar-refractivity contribution in [2.45, 2.75) is 31.6 Å². The second-order valence-corrected chi connectivity index (χ2v) is 15.4. The predicted octanol–water partition coefficient (Wildman–Crippen LogP) is 11.7. The fourth-order valence-corrected chi connectivity index (χ4v) is 8.52. The van der Waals surface area contributed by atoms with Gasteiger partial charge in [0.15, 0.2) is 0 Å². The van der Waals surface area contributed by atoms with Crippen LogP contribution in [0.2, 0.25) is 0 Å². The lowest BCUT2D eigenvalue weighted by molar-refractivity contribution is -0.254. The minimum atomic E-state index is -5.77. The first-order valence-electron chi connectivity index (χ1n) is 16.6. The van der Waals surface area contributed by atoms with E-state index in [2.05, 4.69) is 0 Å². The van der Waals surface area contributed by atoms with Crippen LogP contribution in [0.1, 0.15) is 62.3 Å². The van der Waals surface area contributed by atoms with Gasteiger partial charge in [0.05, 0.1) is 0 Å². The van der Waals surface area contributed by atoms with E-state index in [-0.39, 0.29) is 41.8 Å². The molecule has 2 aromatic heterocycles. The molecule has 0 unspecified atom stereocenters. The Morgan fingerprint density at radius 2 is 0.727 bits per heavy atom. The highest BCUT2D eigenvalue weighted by Crippen LogP contribution is 2.66. The quantitative estimate of drug-likeness (QED) is 0.0788. The van der Waals surface area contributed by atoms with E-state index in [0.29, 0.717) is 11.1 Å². The molecule has 0 spiro atoms. The van der Waals surface area contributed by atoms with Crippen molar-refractivity contribution < 1.29 is 45.5 Å². The first kappa shape index (κ1) is 37.6. The maximum Gasteiger partial charge on any atom is 0.380 e. The summed E-state index contributed by atoms with van der Waals surface area (Å²) >= 11 is 1.84. The molecule has 276 valence electrons. The summed E-state index contributed by atoms with van der Waals surface area (Å²) in [5, 5.41) is 0. The van der Waals surface area contributed by atoms with Gasteiger partial charge in [0.1, 0.15) is 0 Å². The second kappa shape index (κ2) is 13.8. The van der Waals surface area contributed by atoms with Gasteiger partial charge in [-0.1, -0.05) is 109 Å². The third-order valence-corrected chi connectivity index (χ3v) is 11.6. The largest absolute Gasteiger partial charge is 0.380 e. The van der Waals surface area contributed by atoms with E-state index in [9.17, 15) is 19.2 Å². The molecule has 0 aliphatic heterocycles. The number of benzene rings is 4. The molecule has 0 atom stereocenters. The van der Waals surface area contributed by atoms with Crippen molar-refractivity contribution in [2.24, 2.45) is 0 Å². The molecule has 0 saturated heterocycles. The zero-order valence-electron chi connectivity index (χ0n) is 28.8. The third kappa shape index (κ3) is 6.28. The van der Waals surface area contributed by atoms with Gasteiger partial charge >= 0.3 is 17.8 Å². The van der Waals surface area contributed by atoms with Gasteiger partial charge in [0.25, 0.3) is 0 Å². The highest BCUT2D eigenvalue weighted by molar-refractivity contribution is 7.16. The van der Waals surface area contributed by atoms with E-state index in [4.69, 9.17) is 0 Å². The lowest BCUT2D eigenvalue weighted by atomic mass is 9.94. The van der Waals surface area contributed by atoms with Crippen LogP contribution in [-0.2, 0) is 0 Å². The summed E-state index contributed by atoms with van der Waals surface area (Å²) in [6.07, 6.45) is 0. The van der Waals surface area contributed by atoms with Gasteiger partial charge in [-0.25, -0.2) is 0 Å². The highest BCUT2D eigenvalue weighted by Gasteiger charge is 2.80. The van der Waals surface area contributed by atoms with Crippen molar-refractivity contribution in [1.82, 2.24) is 0 Å². The average Bonchev–Trinajstić information content (AvgIpc) is 3.79. The zero-order chi connectivity index (χ0) is 39.4. The SMILES string of the molecule is Cc1sc(-c2ccc(C(=O)C(=O)c3ccccc3)cc2)cc1C1=C(c2cc(-c3ccc(C(=O)C(=O)c4ccccc4)cc3)sc2C)C(F)(F)C(F)(F)C1(F)F. The number of aryl methyl sites for hydroxylation is 2. The number of hydrogen-bond donors (Lipinski definition) is 0. The normalized spacial score (nSPS) is 15.6. The van der Waals surface area contributed by atoms with Crippen LogP contribution < -0.4 is 0 Å². The summed E-state index contributed by atoms with van der Waals surface area (Å²) in [7, 11) is 0. The number of alkyl halides is 6. The molecule has 4 nitrogen and oxygen atoms in total.